The molecule has 0 spiro atoms. The molecule has 20 heavy (non-hydrogen) atoms. The van der Waals surface area contributed by atoms with Crippen LogP contribution in [-0.2, 0) is 9.53 Å². The summed E-state index contributed by atoms with van der Waals surface area (Å²) in [5, 5.41) is 8.70. The normalized spacial score (nSPS) is 42.1. The standard InChI is InChI=1S/C16H20N2O2/c17-1-2-18-9-20-14(8-15(18)19)16-12-4-10-3-11(6-12)7-13(16)5-10/h8,10-13,16H,2-7,9H2. The third-order valence-electron chi connectivity index (χ3n) is 5.78. The van der Waals surface area contributed by atoms with Crippen molar-refractivity contribution in [2.45, 2.75) is 32.1 Å². The van der Waals surface area contributed by atoms with Crippen molar-refractivity contribution in [2.75, 3.05) is 13.3 Å². The van der Waals surface area contributed by atoms with Gasteiger partial charge in [0.2, 0.25) is 0 Å². The molecule has 4 aliphatic carbocycles. The lowest BCUT2D eigenvalue weighted by Gasteiger charge is -2.54. The van der Waals surface area contributed by atoms with Gasteiger partial charge < -0.3 is 4.74 Å². The first-order valence-electron chi connectivity index (χ1n) is 7.75. The summed E-state index contributed by atoms with van der Waals surface area (Å²) in [5.41, 5.74) is 0. The lowest BCUT2D eigenvalue weighted by Crippen LogP contribution is -2.47. The fourth-order valence-electron chi connectivity index (χ4n) is 5.26. The highest BCUT2D eigenvalue weighted by atomic mass is 16.5. The maximum atomic E-state index is 12.0. The van der Waals surface area contributed by atoms with Crippen LogP contribution in [0.15, 0.2) is 11.8 Å². The van der Waals surface area contributed by atoms with Gasteiger partial charge in [0, 0.05) is 12.0 Å². The predicted molar refractivity (Wildman–Crippen MR) is 71.9 cm³/mol. The van der Waals surface area contributed by atoms with E-state index in [1.807, 2.05) is 6.07 Å². The molecular weight excluding hydrogens is 252 g/mol. The molecule has 4 fully saturated rings. The van der Waals surface area contributed by atoms with Crippen LogP contribution in [0.4, 0.5) is 0 Å². The third-order valence-corrected chi connectivity index (χ3v) is 5.78. The predicted octanol–water partition coefficient (Wildman–Crippen LogP) is 2.28. The molecule has 4 saturated carbocycles. The molecule has 1 amide bonds. The Morgan fingerprint density at radius 2 is 1.85 bits per heavy atom. The van der Waals surface area contributed by atoms with Crippen molar-refractivity contribution >= 4 is 5.91 Å². The number of hydrogen-bond acceptors (Lipinski definition) is 3. The Bertz CT molecular complexity index is 477. The first kappa shape index (κ1) is 12.3. The van der Waals surface area contributed by atoms with Crippen LogP contribution in [0.5, 0.6) is 0 Å². The summed E-state index contributed by atoms with van der Waals surface area (Å²) in [6.07, 6.45) is 8.41. The van der Waals surface area contributed by atoms with Crippen molar-refractivity contribution in [1.29, 1.82) is 5.26 Å². The Balaban J connectivity index is 1.55. The minimum Gasteiger partial charge on any atom is -0.477 e. The molecule has 4 heteroatoms. The minimum atomic E-state index is -0.0541. The summed E-state index contributed by atoms with van der Waals surface area (Å²) in [4.78, 5) is 13.5. The van der Waals surface area contributed by atoms with E-state index in [9.17, 15) is 4.79 Å². The van der Waals surface area contributed by atoms with Gasteiger partial charge >= 0.3 is 0 Å². The van der Waals surface area contributed by atoms with Gasteiger partial charge in [0.25, 0.3) is 5.91 Å². The fourth-order valence-corrected chi connectivity index (χ4v) is 5.26. The maximum absolute atomic E-state index is 12.0. The number of allylic oxidation sites excluding steroid dienone is 1. The number of amides is 1. The molecule has 0 N–H and O–H groups in total. The maximum Gasteiger partial charge on any atom is 0.253 e. The van der Waals surface area contributed by atoms with Gasteiger partial charge in [-0.15, -0.1) is 0 Å². The van der Waals surface area contributed by atoms with E-state index in [2.05, 4.69) is 0 Å². The molecule has 0 unspecified atom stereocenters. The topological polar surface area (TPSA) is 53.3 Å². The van der Waals surface area contributed by atoms with Crippen molar-refractivity contribution in [1.82, 2.24) is 4.90 Å². The van der Waals surface area contributed by atoms with Gasteiger partial charge in [-0.25, -0.2) is 0 Å². The van der Waals surface area contributed by atoms with Gasteiger partial charge in [0.15, 0.2) is 6.73 Å². The summed E-state index contributed by atoms with van der Waals surface area (Å²) < 4.78 is 5.85. The highest BCUT2D eigenvalue weighted by Gasteiger charge is 2.50. The molecule has 0 aromatic heterocycles. The number of carbonyl (C=O) groups excluding carboxylic acids is 1. The van der Waals surface area contributed by atoms with Crippen LogP contribution in [0, 0.1) is 40.9 Å². The van der Waals surface area contributed by atoms with Gasteiger partial charge in [-0.2, -0.15) is 5.26 Å². The van der Waals surface area contributed by atoms with Crippen LogP contribution >= 0.6 is 0 Å². The molecule has 5 rings (SSSR count). The quantitative estimate of drug-likeness (QED) is 0.725. The first-order valence-corrected chi connectivity index (χ1v) is 7.75. The lowest BCUT2D eigenvalue weighted by molar-refractivity contribution is -0.134. The van der Waals surface area contributed by atoms with Crippen LogP contribution < -0.4 is 0 Å². The molecule has 0 radical (unpaired) electrons. The van der Waals surface area contributed by atoms with Crippen molar-refractivity contribution in [3.8, 4) is 6.07 Å². The molecule has 1 heterocycles. The second-order valence-electron chi connectivity index (χ2n) is 6.97. The van der Waals surface area contributed by atoms with Gasteiger partial charge in [0.05, 0.1) is 6.07 Å². The van der Waals surface area contributed by atoms with E-state index in [4.69, 9.17) is 10.00 Å². The summed E-state index contributed by atoms with van der Waals surface area (Å²) >= 11 is 0. The van der Waals surface area contributed by atoms with Gasteiger partial charge in [-0.1, -0.05) is 0 Å². The number of carbonyl (C=O) groups is 1. The minimum absolute atomic E-state index is 0.0541. The molecule has 1 aliphatic heterocycles. The Morgan fingerprint density at radius 3 is 2.40 bits per heavy atom. The van der Waals surface area contributed by atoms with E-state index < -0.39 is 0 Å². The molecule has 0 atom stereocenters. The molecule has 0 aromatic carbocycles. The van der Waals surface area contributed by atoms with E-state index in [0.29, 0.717) is 5.92 Å². The number of nitrogens with zero attached hydrogens (tertiary/aromatic N) is 2. The number of rotatable bonds is 2. The largest absolute Gasteiger partial charge is 0.477 e. The van der Waals surface area contributed by atoms with Gasteiger partial charge in [-0.05, 0) is 55.8 Å². The van der Waals surface area contributed by atoms with E-state index in [-0.39, 0.29) is 19.2 Å². The highest BCUT2D eigenvalue weighted by Crippen LogP contribution is 2.58. The van der Waals surface area contributed by atoms with Crippen LogP contribution in [-0.4, -0.2) is 24.1 Å². The van der Waals surface area contributed by atoms with Crippen LogP contribution in [0.2, 0.25) is 0 Å². The van der Waals surface area contributed by atoms with Crippen LogP contribution in [0.1, 0.15) is 32.1 Å². The van der Waals surface area contributed by atoms with Gasteiger partial charge in [-0.3, -0.25) is 9.69 Å². The third kappa shape index (κ3) is 1.83. The average molecular weight is 272 g/mol. The summed E-state index contributed by atoms with van der Waals surface area (Å²) in [7, 11) is 0. The molecule has 0 aromatic rings. The smallest absolute Gasteiger partial charge is 0.253 e. The Labute approximate surface area is 119 Å². The SMILES string of the molecule is N#CCN1COC(C2C3CC4CC(C3)CC2C4)=CC1=O. The van der Waals surface area contributed by atoms with Crippen molar-refractivity contribution < 1.29 is 9.53 Å². The lowest BCUT2D eigenvalue weighted by atomic mass is 9.51. The molecule has 0 saturated heterocycles. The second kappa shape index (κ2) is 4.51. The van der Waals surface area contributed by atoms with Crippen LogP contribution in [0.3, 0.4) is 0 Å². The average Bonchev–Trinajstić information content (AvgIpc) is 2.40. The van der Waals surface area contributed by atoms with Gasteiger partial charge in [0.1, 0.15) is 12.3 Å². The summed E-state index contributed by atoms with van der Waals surface area (Å²) in [5.74, 6) is 4.66. The van der Waals surface area contributed by atoms with E-state index in [1.165, 1.54) is 37.0 Å². The van der Waals surface area contributed by atoms with Crippen molar-refractivity contribution in [3.63, 3.8) is 0 Å². The van der Waals surface area contributed by atoms with Crippen molar-refractivity contribution in [3.05, 3.63) is 11.8 Å². The molecule has 5 aliphatic rings. The Morgan fingerprint density at radius 1 is 1.20 bits per heavy atom. The number of hydrogen-bond donors (Lipinski definition) is 0. The summed E-state index contributed by atoms with van der Waals surface area (Å²) in [6.45, 7) is 0.366. The molecule has 106 valence electrons. The van der Waals surface area contributed by atoms with Crippen LogP contribution in [0.25, 0.3) is 0 Å². The fraction of sp³-hybridized carbons (Fsp3) is 0.750. The first-order chi connectivity index (χ1) is 9.74. The zero-order chi connectivity index (χ0) is 13.7. The Kier molecular flexibility index (Phi) is 2.76. The number of ether oxygens (including phenoxy) is 1. The zero-order valence-corrected chi connectivity index (χ0v) is 11.6. The Hall–Kier alpha value is -1.50. The molecular formula is C16H20N2O2. The zero-order valence-electron chi connectivity index (χ0n) is 11.6. The van der Waals surface area contributed by atoms with E-state index in [1.54, 1.807) is 6.08 Å². The highest BCUT2D eigenvalue weighted by molar-refractivity contribution is 5.88. The number of nitriles is 1. The molecule has 4 nitrogen and oxygen atoms in total. The monoisotopic (exact) mass is 272 g/mol. The molecule has 4 bridgehead atoms. The van der Waals surface area contributed by atoms with E-state index >= 15 is 0 Å². The summed E-state index contributed by atoms with van der Waals surface area (Å²) in [6, 6.07) is 2.01. The van der Waals surface area contributed by atoms with Crippen molar-refractivity contribution in [2.24, 2.45) is 29.6 Å². The van der Waals surface area contributed by atoms with E-state index in [0.717, 1.165) is 29.4 Å². The second-order valence-corrected chi connectivity index (χ2v) is 6.97.